The third kappa shape index (κ3) is 3.91. The molecule has 2 heteroatoms. The predicted octanol–water partition coefficient (Wildman–Crippen LogP) is 1.11. The highest BCUT2D eigenvalue weighted by atomic mass is 15.3. The molecule has 3 rings (SSSR count). The number of piperazine rings is 1. The first-order valence-electron chi connectivity index (χ1n) is 9.52. The minimum absolute atomic E-state index is 0.951. The lowest BCUT2D eigenvalue weighted by Crippen LogP contribution is -3.29. The van der Waals surface area contributed by atoms with Crippen LogP contribution in [0.1, 0.15) is 50.7 Å². The molecule has 0 bridgehead atoms. The van der Waals surface area contributed by atoms with E-state index in [4.69, 9.17) is 0 Å². The molecule has 2 atom stereocenters. The van der Waals surface area contributed by atoms with Gasteiger partial charge in [0.2, 0.25) is 0 Å². The lowest BCUT2D eigenvalue weighted by Gasteiger charge is -2.39. The zero-order valence-corrected chi connectivity index (χ0v) is 14.5. The molecule has 0 amide bonds. The van der Waals surface area contributed by atoms with E-state index in [1.54, 1.807) is 4.90 Å². The summed E-state index contributed by atoms with van der Waals surface area (Å²) in [7, 11) is 0. The van der Waals surface area contributed by atoms with E-state index >= 15 is 0 Å². The molecule has 1 aliphatic carbocycles. The average Bonchev–Trinajstić information content (AvgIpc) is 2.57. The Balaban J connectivity index is 1.48. The number of benzene rings is 1. The summed E-state index contributed by atoms with van der Waals surface area (Å²) in [6.45, 7) is 11.4. The molecule has 1 aromatic carbocycles. The van der Waals surface area contributed by atoms with Crippen LogP contribution in [0.2, 0.25) is 0 Å². The quantitative estimate of drug-likeness (QED) is 0.824. The van der Waals surface area contributed by atoms with Crippen molar-refractivity contribution in [2.24, 2.45) is 5.92 Å². The van der Waals surface area contributed by atoms with Gasteiger partial charge in [-0.2, -0.15) is 0 Å². The standard InChI is InChI=1S/C20H32N2/c1-3-18-8-10-19(11-9-18)16-21-12-14-22(15-13-21)20-7-5-4-6-17(20)2/h8-11,17,20H,3-7,12-16H2,1-2H3/p+2/t17-,20+/m0/s1. The molecular weight excluding hydrogens is 268 g/mol. The Bertz CT molecular complexity index is 445. The van der Waals surface area contributed by atoms with Gasteiger partial charge in [0.25, 0.3) is 0 Å². The lowest BCUT2D eigenvalue weighted by atomic mass is 9.84. The first-order valence-corrected chi connectivity index (χ1v) is 9.52. The minimum Gasteiger partial charge on any atom is -0.323 e. The van der Waals surface area contributed by atoms with E-state index in [1.165, 1.54) is 69.5 Å². The molecule has 1 saturated heterocycles. The molecular formula is C20H34N2+2. The highest BCUT2D eigenvalue weighted by Gasteiger charge is 2.34. The molecule has 1 saturated carbocycles. The first-order chi connectivity index (χ1) is 10.8. The Morgan fingerprint density at radius 1 is 0.909 bits per heavy atom. The Hall–Kier alpha value is -0.860. The number of quaternary nitrogens is 2. The van der Waals surface area contributed by atoms with Crippen LogP contribution in [0, 0.1) is 5.92 Å². The van der Waals surface area contributed by atoms with E-state index in [2.05, 4.69) is 38.1 Å². The van der Waals surface area contributed by atoms with E-state index in [0.29, 0.717) is 0 Å². The molecule has 0 radical (unpaired) electrons. The van der Waals surface area contributed by atoms with Crippen molar-refractivity contribution in [3.63, 3.8) is 0 Å². The summed E-state index contributed by atoms with van der Waals surface area (Å²) >= 11 is 0. The van der Waals surface area contributed by atoms with E-state index in [0.717, 1.165) is 18.4 Å². The maximum atomic E-state index is 2.49. The molecule has 0 spiro atoms. The van der Waals surface area contributed by atoms with Gasteiger partial charge in [0.05, 0.1) is 6.04 Å². The molecule has 122 valence electrons. The van der Waals surface area contributed by atoms with Gasteiger partial charge in [0, 0.05) is 11.5 Å². The summed E-state index contributed by atoms with van der Waals surface area (Å²) in [6.07, 6.45) is 7.03. The molecule has 2 fully saturated rings. The fourth-order valence-electron chi connectivity index (χ4n) is 4.58. The van der Waals surface area contributed by atoms with Gasteiger partial charge in [0.15, 0.2) is 0 Å². The van der Waals surface area contributed by atoms with Crippen LogP contribution in [-0.4, -0.2) is 32.2 Å². The van der Waals surface area contributed by atoms with E-state index in [-0.39, 0.29) is 0 Å². The summed E-state index contributed by atoms with van der Waals surface area (Å²) in [5.74, 6) is 0.951. The molecule has 0 unspecified atom stereocenters. The SMILES string of the molecule is CCc1ccc(C[NH+]2CC[NH+]([C@@H]3CCCC[C@@H]3C)CC2)cc1. The van der Waals surface area contributed by atoms with Crippen molar-refractivity contribution in [3.05, 3.63) is 35.4 Å². The second-order valence-corrected chi connectivity index (χ2v) is 7.62. The van der Waals surface area contributed by atoms with Crippen LogP contribution in [0.4, 0.5) is 0 Å². The van der Waals surface area contributed by atoms with Crippen molar-refractivity contribution in [2.45, 2.75) is 58.5 Å². The fraction of sp³-hybridized carbons (Fsp3) is 0.700. The van der Waals surface area contributed by atoms with Gasteiger partial charge >= 0.3 is 0 Å². The van der Waals surface area contributed by atoms with Crippen LogP contribution in [0.25, 0.3) is 0 Å². The second-order valence-electron chi connectivity index (χ2n) is 7.62. The van der Waals surface area contributed by atoms with Crippen molar-refractivity contribution in [1.29, 1.82) is 0 Å². The maximum Gasteiger partial charge on any atom is 0.127 e. The zero-order chi connectivity index (χ0) is 15.4. The highest BCUT2D eigenvalue weighted by molar-refractivity contribution is 5.21. The normalized spacial score (nSPS) is 32.8. The summed E-state index contributed by atoms with van der Waals surface area (Å²) in [4.78, 5) is 3.70. The van der Waals surface area contributed by atoms with Gasteiger partial charge in [0.1, 0.15) is 32.7 Å². The molecule has 1 aliphatic heterocycles. The second kappa shape index (κ2) is 7.61. The number of nitrogens with one attached hydrogen (secondary N) is 2. The Morgan fingerprint density at radius 3 is 2.18 bits per heavy atom. The number of hydrogen-bond acceptors (Lipinski definition) is 0. The van der Waals surface area contributed by atoms with Crippen LogP contribution in [-0.2, 0) is 13.0 Å². The molecule has 2 nitrogen and oxygen atoms in total. The maximum absolute atomic E-state index is 2.49. The topological polar surface area (TPSA) is 8.88 Å². The van der Waals surface area contributed by atoms with Gasteiger partial charge in [-0.15, -0.1) is 0 Å². The average molecular weight is 303 g/mol. The van der Waals surface area contributed by atoms with Gasteiger partial charge in [-0.05, 0) is 31.2 Å². The van der Waals surface area contributed by atoms with Gasteiger partial charge in [-0.3, -0.25) is 0 Å². The Morgan fingerprint density at radius 2 is 1.55 bits per heavy atom. The van der Waals surface area contributed by atoms with Crippen LogP contribution >= 0.6 is 0 Å². The first kappa shape index (κ1) is 16.0. The summed E-state index contributed by atoms with van der Waals surface area (Å²) < 4.78 is 0. The summed E-state index contributed by atoms with van der Waals surface area (Å²) in [5, 5.41) is 0. The van der Waals surface area contributed by atoms with Crippen molar-refractivity contribution < 1.29 is 9.80 Å². The molecule has 0 aromatic heterocycles. The largest absolute Gasteiger partial charge is 0.323 e. The number of aryl methyl sites for hydroxylation is 1. The number of hydrogen-bond donors (Lipinski definition) is 2. The van der Waals surface area contributed by atoms with E-state index < -0.39 is 0 Å². The Labute approximate surface area is 136 Å². The van der Waals surface area contributed by atoms with E-state index in [1.807, 2.05) is 4.90 Å². The van der Waals surface area contributed by atoms with Crippen LogP contribution < -0.4 is 9.80 Å². The smallest absolute Gasteiger partial charge is 0.127 e. The fourth-order valence-corrected chi connectivity index (χ4v) is 4.58. The van der Waals surface area contributed by atoms with Crippen molar-refractivity contribution in [2.75, 3.05) is 26.2 Å². The molecule has 22 heavy (non-hydrogen) atoms. The molecule has 2 N–H and O–H groups in total. The van der Waals surface area contributed by atoms with Crippen LogP contribution in [0.3, 0.4) is 0 Å². The monoisotopic (exact) mass is 302 g/mol. The number of rotatable bonds is 4. The summed E-state index contributed by atoms with van der Waals surface area (Å²) in [6, 6.07) is 10.3. The third-order valence-electron chi connectivity index (χ3n) is 6.12. The molecule has 1 heterocycles. The van der Waals surface area contributed by atoms with Crippen molar-refractivity contribution in [3.8, 4) is 0 Å². The van der Waals surface area contributed by atoms with Gasteiger partial charge in [-0.1, -0.05) is 44.5 Å². The third-order valence-corrected chi connectivity index (χ3v) is 6.12. The van der Waals surface area contributed by atoms with Gasteiger partial charge in [-0.25, -0.2) is 0 Å². The Kier molecular flexibility index (Phi) is 5.54. The van der Waals surface area contributed by atoms with Crippen LogP contribution in [0.5, 0.6) is 0 Å². The summed E-state index contributed by atoms with van der Waals surface area (Å²) in [5.41, 5.74) is 2.97. The molecule has 1 aromatic rings. The van der Waals surface area contributed by atoms with Gasteiger partial charge < -0.3 is 9.80 Å². The van der Waals surface area contributed by atoms with Crippen LogP contribution in [0.15, 0.2) is 24.3 Å². The highest BCUT2D eigenvalue weighted by Crippen LogP contribution is 2.21. The zero-order valence-electron chi connectivity index (χ0n) is 14.5. The minimum atomic E-state index is 0.951. The van der Waals surface area contributed by atoms with Crippen molar-refractivity contribution >= 4 is 0 Å². The molecule has 2 aliphatic rings. The van der Waals surface area contributed by atoms with E-state index in [9.17, 15) is 0 Å². The van der Waals surface area contributed by atoms with Crippen molar-refractivity contribution in [1.82, 2.24) is 0 Å². The lowest BCUT2D eigenvalue weighted by molar-refractivity contribution is -1.03. The predicted molar refractivity (Wildman–Crippen MR) is 92.3 cm³/mol.